The van der Waals surface area contributed by atoms with Gasteiger partial charge in [-0.1, -0.05) is 6.07 Å². The van der Waals surface area contributed by atoms with Crippen molar-refractivity contribution in [3.63, 3.8) is 0 Å². The Morgan fingerprint density at radius 1 is 1.41 bits per heavy atom. The van der Waals surface area contributed by atoms with E-state index in [-0.39, 0.29) is 35.9 Å². The van der Waals surface area contributed by atoms with Crippen LogP contribution >= 0.6 is 35.7 Å². The van der Waals surface area contributed by atoms with Crippen molar-refractivity contribution in [2.45, 2.75) is 20.0 Å². The summed E-state index contributed by atoms with van der Waals surface area (Å²) in [5, 5.41) is 6.44. The first-order valence-corrected chi connectivity index (χ1v) is 8.48. The molecule has 0 aliphatic rings. The number of thioether (sulfide) groups is 1. The second-order valence-electron chi connectivity index (χ2n) is 4.53. The lowest BCUT2D eigenvalue weighted by Crippen LogP contribution is -2.39. The number of guanidine groups is 1. The van der Waals surface area contributed by atoms with Crippen molar-refractivity contribution < 1.29 is 9.13 Å². The van der Waals surface area contributed by atoms with E-state index in [2.05, 4.69) is 21.9 Å². The normalized spacial score (nSPS) is 12.3. The Bertz CT molecular complexity index is 449. The Morgan fingerprint density at radius 3 is 2.82 bits per heavy atom. The molecule has 0 amide bonds. The molecular weight excluding hydrogens is 416 g/mol. The standard InChI is InChI=1S/C15H24FN3OS.HI/c1-4-17-15(18-8-9-21-3)19-11-12(2)20-14-7-5-6-13(16)10-14;/h5-7,10,12H,4,8-9,11H2,1-3H3,(H2,17,18,19);1H. The van der Waals surface area contributed by atoms with Crippen LogP contribution in [0.25, 0.3) is 0 Å². The summed E-state index contributed by atoms with van der Waals surface area (Å²) in [7, 11) is 0. The Hall–Kier alpha value is -0.700. The van der Waals surface area contributed by atoms with Gasteiger partial charge < -0.3 is 15.4 Å². The van der Waals surface area contributed by atoms with Crippen LogP contribution in [0.2, 0.25) is 0 Å². The molecule has 0 saturated carbocycles. The fourth-order valence-corrected chi connectivity index (χ4v) is 1.95. The molecule has 0 saturated heterocycles. The van der Waals surface area contributed by atoms with Gasteiger partial charge in [-0.05, 0) is 32.2 Å². The largest absolute Gasteiger partial charge is 0.489 e. The molecule has 7 heteroatoms. The van der Waals surface area contributed by atoms with Gasteiger partial charge in [-0.25, -0.2) is 9.38 Å². The van der Waals surface area contributed by atoms with Crippen LogP contribution in [-0.2, 0) is 0 Å². The number of nitrogens with one attached hydrogen (secondary N) is 2. The molecule has 1 atom stereocenters. The molecule has 1 aromatic rings. The molecule has 0 spiro atoms. The minimum Gasteiger partial charge on any atom is -0.489 e. The fraction of sp³-hybridized carbons (Fsp3) is 0.533. The Labute approximate surface area is 153 Å². The van der Waals surface area contributed by atoms with Crippen LogP contribution in [0.5, 0.6) is 5.75 Å². The molecule has 1 unspecified atom stereocenters. The fourth-order valence-electron chi connectivity index (χ4n) is 1.64. The number of ether oxygens (including phenoxy) is 1. The molecule has 0 aliphatic carbocycles. The maximum absolute atomic E-state index is 13.1. The highest BCUT2D eigenvalue weighted by Gasteiger charge is 2.05. The number of nitrogens with zero attached hydrogens (tertiary/aromatic N) is 1. The molecule has 0 fully saturated rings. The van der Waals surface area contributed by atoms with Crippen LogP contribution < -0.4 is 15.4 Å². The van der Waals surface area contributed by atoms with Crippen LogP contribution in [-0.4, -0.2) is 43.7 Å². The number of hydrogen-bond donors (Lipinski definition) is 2. The summed E-state index contributed by atoms with van der Waals surface area (Å²) < 4.78 is 18.7. The third-order valence-corrected chi connectivity index (χ3v) is 3.20. The van der Waals surface area contributed by atoms with Gasteiger partial charge in [-0.3, -0.25) is 0 Å². The molecule has 0 heterocycles. The smallest absolute Gasteiger partial charge is 0.191 e. The van der Waals surface area contributed by atoms with Gasteiger partial charge in [0.25, 0.3) is 0 Å². The van der Waals surface area contributed by atoms with Crippen molar-refractivity contribution in [2.75, 3.05) is 31.6 Å². The van der Waals surface area contributed by atoms with Gasteiger partial charge in [0.2, 0.25) is 0 Å². The van der Waals surface area contributed by atoms with Crippen molar-refractivity contribution in [2.24, 2.45) is 4.99 Å². The van der Waals surface area contributed by atoms with E-state index in [1.807, 2.05) is 13.8 Å². The minimum absolute atomic E-state index is 0. The molecule has 0 bridgehead atoms. The summed E-state index contributed by atoms with van der Waals surface area (Å²) >= 11 is 1.78. The third-order valence-electron chi connectivity index (χ3n) is 2.58. The SMILES string of the molecule is CCNC(=NCC(C)Oc1cccc(F)c1)NCCSC.I. The summed E-state index contributed by atoms with van der Waals surface area (Å²) in [6.07, 6.45) is 1.95. The summed E-state index contributed by atoms with van der Waals surface area (Å²) in [5.41, 5.74) is 0. The van der Waals surface area contributed by atoms with Gasteiger partial charge in [0, 0.05) is 24.9 Å². The molecule has 0 radical (unpaired) electrons. The van der Waals surface area contributed by atoms with E-state index < -0.39 is 0 Å². The number of rotatable bonds is 8. The van der Waals surface area contributed by atoms with E-state index in [1.54, 1.807) is 23.9 Å². The second kappa shape index (κ2) is 12.8. The van der Waals surface area contributed by atoms with Crippen LogP contribution in [0.15, 0.2) is 29.3 Å². The van der Waals surface area contributed by atoms with Gasteiger partial charge in [0.1, 0.15) is 17.7 Å². The van der Waals surface area contributed by atoms with Gasteiger partial charge in [0.05, 0.1) is 6.54 Å². The highest BCUT2D eigenvalue weighted by molar-refractivity contribution is 14.0. The predicted octanol–water partition coefficient (Wildman–Crippen LogP) is 3.13. The van der Waals surface area contributed by atoms with Gasteiger partial charge in [-0.15, -0.1) is 24.0 Å². The van der Waals surface area contributed by atoms with Crippen LogP contribution in [0.1, 0.15) is 13.8 Å². The summed E-state index contributed by atoms with van der Waals surface area (Å²) in [6.45, 7) is 6.12. The van der Waals surface area contributed by atoms with Crippen molar-refractivity contribution >= 4 is 41.7 Å². The van der Waals surface area contributed by atoms with E-state index in [4.69, 9.17) is 4.74 Å². The predicted molar refractivity (Wildman–Crippen MR) is 104 cm³/mol. The topological polar surface area (TPSA) is 45.7 Å². The van der Waals surface area contributed by atoms with E-state index >= 15 is 0 Å². The van der Waals surface area contributed by atoms with E-state index in [1.165, 1.54) is 12.1 Å². The quantitative estimate of drug-likeness (QED) is 0.282. The molecule has 4 nitrogen and oxygen atoms in total. The monoisotopic (exact) mass is 441 g/mol. The lowest BCUT2D eigenvalue weighted by molar-refractivity contribution is 0.229. The zero-order valence-corrected chi connectivity index (χ0v) is 16.4. The number of hydrogen-bond acceptors (Lipinski definition) is 3. The van der Waals surface area contributed by atoms with Crippen molar-refractivity contribution in [1.29, 1.82) is 0 Å². The lowest BCUT2D eigenvalue weighted by Gasteiger charge is -2.15. The highest BCUT2D eigenvalue weighted by Crippen LogP contribution is 2.13. The molecule has 0 aliphatic heterocycles. The maximum Gasteiger partial charge on any atom is 0.191 e. The molecule has 1 aromatic carbocycles. The van der Waals surface area contributed by atoms with Crippen molar-refractivity contribution in [3.8, 4) is 5.75 Å². The average molecular weight is 441 g/mol. The van der Waals surface area contributed by atoms with Gasteiger partial charge >= 0.3 is 0 Å². The zero-order valence-electron chi connectivity index (χ0n) is 13.3. The van der Waals surface area contributed by atoms with Crippen molar-refractivity contribution in [1.82, 2.24) is 10.6 Å². The van der Waals surface area contributed by atoms with Crippen LogP contribution in [0.3, 0.4) is 0 Å². The maximum atomic E-state index is 13.1. The minimum atomic E-state index is -0.296. The molecule has 2 N–H and O–H groups in total. The highest BCUT2D eigenvalue weighted by atomic mass is 127. The summed E-state index contributed by atoms with van der Waals surface area (Å²) in [5.74, 6) is 2.04. The van der Waals surface area contributed by atoms with E-state index in [0.717, 1.165) is 24.8 Å². The van der Waals surface area contributed by atoms with E-state index in [9.17, 15) is 4.39 Å². The first kappa shape index (κ1) is 21.3. The Balaban J connectivity index is 0.00000441. The van der Waals surface area contributed by atoms with Gasteiger partial charge in [0.15, 0.2) is 5.96 Å². The molecule has 1 rings (SSSR count). The third kappa shape index (κ3) is 9.34. The molecule has 0 aromatic heterocycles. The van der Waals surface area contributed by atoms with Crippen molar-refractivity contribution in [3.05, 3.63) is 30.1 Å². The van der Waals surface area contributed by atoms with Crippen LogP contribution in [0.4, 0.5) is 4.39 Å². The number of aliphatic imine (C=N–C) groups is 1. The lowest BCUT2D eigenvalue weighted by atomic mass is 10.3. The summed E-state index contributed by atoms with van der Waals surface area (Å²) in [6, 6.07) is 6.15. The summed E-state index contributed by atoms with van der Waals surface area (Å²) in [4.78, 5) is 4.47. The zero-order chi connectivity index (χ0) is 15.5. The molecule has 126 valence electrons. The molecular formula is C15H25FIN3OS. The Morgan fingerprint density at radius 2 is 2.18 bits per heavy atom. The van der Waals surface area contributed by atoms with E-state index in [0.29, 0.717) is 12.3 Å². The number of halogens is 2. The molecule has 22 heavy (non-hydrogen) atoms. The number of benzene rings is 1. The first-order chi connectivity index (χ1) is 10.2. The first-order valence-electron chi connectivity index (χ1n) is 7.09. The Kier molecular flexibility index (Phi) is 12.4. The average Bonchev–Trinajstić information content (AvgIpc) is 2.45. The van der Waals surface area contributed by atoms with Gasteiger partial charge in [-0.2, -0.15) is 11.8 Å². The van der Waals surface area contributed by atoms with Crippen LogP contribution in [0, 0.1) is 5.82 Å². The second-order valence-corrected chi connectivity index (χ2v) is 5.51.